The number of nitrogens with one attached hydrogen (secondary N) is 3. The molecule has 216 valence electrons. The van der Waals surface area contributed by atoms with Crippen LogP contribution in [-0.4, -0.2) is 86.3 Å². The normalized spacial score (nSPS) is 17.6. The van der Waals surface area contributed by atoms with Crippen molar-refractivity contribution in [2.45, 2.75) is 17.2 Å². The highest BCUT2D eigenvalue weighted by molar-refractivity contribution is 7.99. The SMILES string of the molecule is C=CC(=O)N1CCN(C(=N)c2cc(C(F)(F)F)c(-c3ccc(F)cc3F)c3c2NCC(OCCNC)CS3)CC1. The van der Waals surface area contributed by atoms with Gasteiger partial charge in [-0.3, -0.25) is 10.2 Å². The Morgan fingerprint density at radius 2 is 1.93 bits per heavy atom. The van der Waals surface area contributed by atoms with Crippen LogP contribution in [0, 0.1) is 17.0 Å². The van der Waals surface area contributed by atoms with Crippen LogP contribution in [-0.2, 0) is 15.7 Å². The summed E-state index contributed by atoms with van der Waals surface area (Å²) in [5.74, 6) is -2.16. The Morgan fingerprint density at radius 3 is 2.55 bits per heavy atom. The quantitative estimate of drug-likeness (QED) is 0.147. The number of hydrogen-bond donors (Lipinski definition) is 3. The van der Waals surface area contributed by atoms with E-state index in [0.29, 0.717) is 19.2 Å². The lowest BCUT2D eigenvalue weighted by Gasteiger charge is -2.36. The molecule has 2 aliphatic heterocycles. The van der Waals surface area contributed by atoms with Gasteiger partial charge >= 0.3 is 6.18 Å². The van der Waals surface area contributed by atoms with E-state index in [1.54, 1.807) is 16.8 Å². The first-order valence-electron chi connectivity index (χ1n) is 12.7. The fraction of sp³-hybridized carbons (Fsp3) is 0.407. The van der Waals surface area contributed by atoms with Crippen molar-refractivity contribution in [3.8, 4) is 11.1 Å². The highest BCUT2D eigenvalue weighted by atomic mass is 32.2. The Hall–Kier alpha value is -3.16. The molecule has 40 heavy (non-hydrogen) atoms. The van der Waals surface area contributed by atoms with Gasteiger partial charge in [0.1, 0.15) is 17.5 Å². The molecule has 4 rings (SSSR count). The number of piperazine rings is 1. The first kappa shape index (κ1) is 29.8. The average molecular weight is 584 g/mol. The third-order valence-electron chi connectivity index (χ3n) is 6.75. The van der Waals surface area contributed by atoms with Gasteiger partial charge in [0, 0.05) is 72.7 Å². The van der Waals surface area contributed by atoms with Gasteiger partial charge in [-0.1, -0.05) is 6.58 Å². The average Bonchev–Trinajstić information content (AvgIpc) is 3.14. The Kier molecular flexibility index (Phi) is 9.37. The molecule has 1 atom stereocenters. The number of anilines is 1. The van der Waals surface area contributed by atoms with Gasteiger partial charge in [0.25, 0.3) is 0 Å². The van der Waals surface area contributed by atoms with Crippen LogP contribution in [0.5, 0.6) is 0 Å². The molecule has 1 unspecified atom stereocenters. The Bertz CT molecular complexity index is 1280. The van der Waals surface area contributed by atoms with Crippen LogP contribution in [0.4, 0.5) is 27.6 Å². The van der Waals surface area contributed by atoms with Crippen molar-refractivity contribution >= 4 is 29.2 Å². The molecule has 0 aromatic heterocycles. The zero-order valence-corrected chi connectivity index (χ0v) is 22.7. The van der Waals surface area contributed by atoms with Crippen molar-refractivity contribution in [3.05, 3.63) is 59.7 Å². The number of hydrogen-bond acceptors (Lipinski definition) is 6. The van der Waals surface area contributed by atoms with Crippen LogP contribution in [0.3, 0.4) is 0 Å². The van der Waals surface area contributed by atoms with Crippen molar-refractivity contribution in [2.75, 3.05) is 64.0 Å². The van der Waals surface area contributed by atoms with Gasteiger partial charge in [0.15, 0.2) is 0 Å². The molecule has 1 fully saturated rings. The van der Waals surface area contributed by atoms with E-state index in [-0.39, 0.29) is 78.0 Å². The van der Waals surface area contributed by atoms with E-state index in [0.717, 1.165) is 30.0 Å². The van der Waals surface area contributed by atoms with Crippen LogP contribution >= 0.6 is 11.8 Å². The third kappa shape index (κ3) is 6.42. The van der Waals surface area contributed by atoms with Gasteiger partial charge in [-0.25, -0.2) is 8.78 Å². The van der Waals surface area contributed by atoms with Gasteiger partial charge in [-0.05, 0) is 31.3 Å². The standard InChI is InChI=1S/C27H30F5N5O2S/c1-3-22(38)36-7-9-37(10-8-36)26(33)19-13-20(27(30,31)32)23(18-5-4-16(28)12-21(18)29)25-24(19)35-14-17(15-40-25)39-11-6-34-2/h3-5,12-13,17,33-35H,1,6-11,14-15H2,2H3. The molecule has 3 N–H and O–H groups in total. The smallest absolute Gasteiger partial charge is 0.381 e. The van der Waals surface area contributed by atoms with Crippen LogP contribution in [0.1, 0.15) is 11.1 Å². The van der Waals surface area contributed by atoms with Gasteiger partial charge in [0.05, 0.1) is 24.0 Å². The van der Waals surface area contributed by atoms with Crippen LogP contribution in [0.2, 0.25) is 0 Å². The minimum absolute atomic E-state index is 0.000432. The summed E-state index contributed by atoms with van der Waals surface area (Å²) in [5.41, 5.74) is -1.66. The lowest BCUT2D eigenvalue weighted by molar-refractivity contribution is -0.137. The number of rotatable bonds is 7. The number of alkyl halides is 3. The Labute approximate surface area is 233 Å². The van der Waals surface area contributed by atoms with Crippen molar-refractivity contribution in [1.82, 2.24) is 15.1 Å². The van der Waals surface area contributed by atoms with E-state index >= 15 is 0 Å². The van der Waals surface area contributed by atoms with E-state index in [2.05, 4.69) is 17.2 Å². The van der Waals surface area contributed by atoms with E-state index in [1.807, 2.05) is 0 Å². The molecule has 0 saturated carbocycles. The van der Waals surface area contributed by atoms with Gasteiger partial charge in [-0.2, -0.15) is 13.2 Å². The Balaban J connectivity index is 1.81. The molecular weight excluding hydrogens is 553 g/mol. The van der Waals surface area contributed by atoms with Gasteiger partial charge in [-0.15, -0.1) is 11.8 Å². The fourth-order valence-electron chi connectivity index (χ4n) is 4.68. The number of carbonyl (C=O) groups is 1. The van der Waals surface area contributed by atoms with E-state index in [9.17, 15) is 26.7 Å². The second-order valence-corrected chi connectivity index (χ2v) is 10.4. The maximum Gasteiger partial charge on any atom is 0.417 e. The van der Waals surface area contributed by atoms with Crippen LogP contribution in [0.25, 0.3) is 11.1 Å². The first-order valence-corrected chi connectivity index (χ1v) is 13.6. The number of carbonyl (C=O) groups excluding carboxylic acids is 1. The van der Waals surface area contributed by atoms with Crippen molar-refractivity contribution < 1.29 is 31.5 Å². The number of amides is 1. The summed E-state index contributed by atoms with van der Waals surface area (Å²) < 4.78 is 78.3. The van der Waals surface area contributed by atoms with Crippen LogP contribution < -0.4 is 10.6 Å². The highest BCUT2D eigenvalue weighted by Gasteiger charge is 2.39. The number of nitrogens with zero attached hydrogens (tertiary/aromatic N) is 2. The molecule has 0 bridgehead atoms. The summed E-state index contributed by atoms with van der Waals surface area (Å²) in [7, 11) is 1.77. The predicted molar refractivity (Wildman–Crippen MR) is 145 cm³/mol. The number of amidine groups is 1. The van der Waals surface area contributed by atoms with Crippen molar-refractivity contribution in [2.24, 2.45) is 0 Å². The summed E-state index contributed by atoms with van der Waals surface area (Å²) in [5, 5.41) is 15.0. The molecule has 0 spiro atoms. The van der Waals surface area contributed by atoms with E-state index in [1.165, 1.54) is 6.08 Å². The summed E-state index contributed by atoms with van der Waals surface area (Å²) >= 11 is 1.08. The maximum atomic E-state index is 15.0. The number of benzene rings is 2. The van der Waals surface area contributed by atoms with Crippen LogP contribution in [0.15, 0.2) is 41.8 Å². The molecule has 2 heterocycles. The monoisotopic (exact) mass is 583 g/mol. The minimum atomic E-state index is -4.90. The fourth-order valence-corrected chi connectivity index (χ4v) is 5.94. The van der Waals surface area contributed by atoms with Crippen molar-refractivity contribution in [3.63, 3.8) is 0 Å². The second kappa shape index (κ2) is 12.6. The van der Waals surface area contributed by atoms with E-state index < -0.39 is 28.9 Å². The lowest BCUT2D eigenvalue weighted by Crippen LogP contribution is -2.50. The predicted octanol–water partition coefficient (Wildman–Crippen LogP) is 4.43. The first-order chi connectivity index (χ1) is 19.0. The third-order valence-corrected chi connectivity index (χ3v) is 7.99. The number of ether oxygens (including phenoxy) is 1. The molecule has 13 heteroatoms. The number of likely N-dealkylation sites (N-methyl/N-ethyl adjacent to an activating group) is 1. The molecule has 7 nitrogen and oxygen atoms in total. The maximum absolute atomic E-state index is 15.0. The highest BCUT2D eigenvalue weighted by Crippen LogP contribution is 2.49. The Morgan fingerprint density at radius 1 is 1.23 bits per heavy atom. The topological polar surface area (TPSA) is 80.7 Å². The summed E-state index contributed by atoms with van der Waals surface area (Å²) in [6, 6.07) is 3.34. The number of fused-ring (bicyclic) bond motifs is 1. The zero-order chi connectivity index (χ0) is 29.0. The summed E-state index contributed by atoms with van der Waals surface area (Å²) in [6.45, 7) is 5.73. The van der Waals surface area contributed by atoms with Gasteiger partial charge in [0.2, 0.25) is 5.91 Å². The molecule has 2 aromatic carbocycles. The number of thioether (sulfide) groups is 1. The minimum Gasteiger partial charge on any atom is -0.381 e. The summed E-state index contributed by atoms with van der Waals surface area (Å²) in [4.78, 5) is 15.2. The largest absolute Gasteiger partial charge is 0.417 e. The molecule has 0 radical (unpaired) electrons. The zero-order valence-electron chi connectivity index (χ0n) is 21.8. The lowest BCUT2D eigenvalue weighted by atomic mass is 9.94. The molecular formula is C27H30F5N5O2S. The van der Waals surface area contributed by atoms with Crippen molar-refractivity contribution in [1.29, 1.82) is 5.41 Å². The van der Waals surface area contributed by atoms with Gasteiger partial charge < -0.3 is 25.2 Å². The molecule has 2 aromatic rings. The molecule has 2 aliphatic rings. The second-order valence-electron chi connectivity index (χ2n) is 9.33. The molecule has 1 amide bonds. The molecule has 0 aliphatic carbocycles. The summed E-state index contributed by atoms with van der Waals surface area (Å²) in [6.07, 6.45) is -4.08. The molecule has 1 saturated heterocycles. The van der Waals surface area contributed by atoms with E-state index in [4.69, 9.17) is 10.1 Å². The number of halogens is 5.